The molecule has 2 aromatic heterocycles. The Kier molecular flexibility index (Phi) is 12.1. The number of aliphatic imine (C=N–C) groups is 1. The number of ether oxygens (including phenoxy) is 1. The SMILES string of the molecule is Cc1nn(C)c(C)c1CCCN=C(NCCCN1CCOCC1)NCCc1ccco1.I. The molecule has 2 N–H and O–H groups in total. The van der Waals surface area contributed by atoms with Crippen LogP contribution in [0.3, 0.4) is 0 Å². The Hall–Kier alpha value is -1.59. The topological polar surface area (TPSA) is 79.9 Å². The highest BCUT2D eigenvalue weighted by Gasteiger charge is 2.10. The molecule has 3 heterocycles. The molecule has 1 aliphatic heterocycles. The van der Waals surface area contributed by atoms with Gasteiger partial charge in [0.15, 0.2) is 5.96 Å². The van der Waals surface area contributed by atoms with Crippen LogP contribution in [-0.4, -0.2) is 73.1 Å². The Bertz CT molecular complexity index is 800. The number of halogens is 1. The number of guanidine groups is 1. The first kappa shape index (κ1) is 26.7. The summed E-state index contributed by atoms with van der Waals surface area (Å²) in [5, 5.41) is 11.5. The molecule has 0 unspecified atom stereocenters. The van der Waals surface area contributed by atoms with Crippen molar-refractivity contribution in [2.24, 2.45) is 12.0 Å². The molecule has 0 saturated carbocycles. The number of aromatic nitrogens is 2. The van der Waals surface area contributed by atoms with Crippen molar-refractivity contribution in [1.82, 2.24) is 25.3 Å². The van der Waals surface area contributed by atoms with Crippen molar-refractivity contribution >= 4 is 29.9 Å². The second-order valence-corrected chi connectivity index (χ2v) is 8.10. The van der Waals surface area contributed by atoms with E-state index >= 15 is 0 Å². The summed E-state index contributed by atoms with van der Waals surface area (Å²) in [4.78, 5) is 7.27. The molecule has 8 nitrogen and oxygen atoms in total. The first-order chi connectivity index (χ1) is 15.1. The normalized spacial score (nSPS) is 14.9. The van der Waals surface area contributed by atoms with E-state index in [9.17, 15) is 0 Å². The standard InChI is InChI=1S/C23H38N6O2.HI/c1-19-22(20(2)28(3)27-19)8-4-10-24-23(26-12-9-21-7-5-16-31-21)25-11-6-13-29-14-17-30-18-15-29;/h5,7,16H,4,6,8-15,17-18H2,1-3H3,(H2,24,25,26);1H. The Labute approximate surface area is 209 Å². The van der Waals surface area contributed by atoms with Crippen LogP contribution in [0.5, 0.6) is 0 Å². The summed E-state index contributed by atoms with van der Waals surface area (Å²) in [6, 6.07) is 3.93. The largest absolute Gasteiger partial charge is 0.469 e. The van der Waals surface area contributed by atoms with Crippen LogP contribution >= 0.6 is 24.0 Å². The lowest BCUT2D eigenvalue weighted by atomic mass is 10.1. The van der Waals surface area contributed by atoms with Crippen molar-refractivity contribution in [2.75, 3.05) is 52.5 Å². The van der Waals surface area contributed by atoms with Crippen molar-refractivity contribution in [3.05, 3.63) is 41.1 Å². The molecule has 1 saturated heterocycles. The zero-order valence-electron chi connectivity index (χ0n) is 19.7. The van der Waals surface area contributed by atoms with E-state index in [0.29, 0.717) is 0 Å². The fraction of sp³-hybridized carbons (Fsp3) is 0.652. The molecule has 0 aromatic carbocycles. The Morgan fingerprint density at radius 1 is 1.12 bits per heavy atom. The molecule has 0 aliphatic carbocycles. The molecule has 0 amide bonds. The van der Waals surface area contributed by atoms with Crippen molar-refractivity contribution in [2.45, 2.75) is 39.5 Å². The number of aryl methyl sites for hydroxylation is 2. The fourth-order valence-electron chi connectivity index (χ4n) is 3.89. The minimum absolute atomic E-state index is 0. The van der Waals surface area contributed by atoms with Gasteiger partial charge in [0, 0.05) is 51.9 Å². The molecule has 0 spiro atoms. The van der Waals surface area contributed by atoms with E-state index < -0.39 is 0 Å². The lowest BCUT2D eigenvalue weighted by Gasteiger charge is -2.26. The molecule has 32 heavy (non-hydrogen) atoms. The number of rotatable bonds is 11. The third-order valence-electron chi connectivity index (χ3n) is 5.80. The summed E-state index contributed by atoms with van der Waals surface area (Å²) in [5.74, 6) is 1.87. The molecule has 1 fully saturated rings. The van der Waals surface area contributed by atoms with E-state index in [-0.39, 0.29) is 24.0 Å². The minimum atomic E-state index is 0. The summed E-state index contributed by atoms with van der Waals surface area (Å²) < 4.78 is 12.8. The summed E-state index contributed by atoms with van der Waals surface area (Å²) in [5.41, 5.74) is 3.73. The van der Waals surface area contributed by atoms with Crippen LogP contribution in [0.25, 0.3) is 0 Å². The van der Waals surface area contributed by atoms with Crippen molar-refractivity contribution in [3.8, 4) is 0 Å². The quantitative estimate of drug-likeness (QED) is 0.191. The van der Waals surface area contributed by atoms with Gasteiger partial charge in [-0.15, -0.1) is 24.0 Å². The highest BCUT2D eigenvalue weighted by Crippen LogP contribution is 2.13. The maximum atomic E-state index is 5.43. The molecule has 3 rings (SSSR count). The van der Waals surface area contributed by atoms with Gasteiger partial charge >= 0.3 is 0 Å². The van der Waals surface area contributed by atoms with Crippen LogP contribution < -0.4 is 10.6 Å². The van der Waals surface area contributed by atoms with Gasteiger partial charge in [0.05, 0.1) is 25.2 Å². The third kappa shape index (κ3) is 8.74. The maximum Gasteiger partial charge on any atom is 0.191 e. The average Bonchev–Trinajstić information content (AvgIpc) is 3.37. The van der Waals surface area contributed by atoms with Crippen LogP contribution in [0.1, 0.15) is 35.6 Å². The Morgan fingerprint density at radius 2 is 1.91 bits per heavy atom. The van der Waals surface area contributed by atoms with Crippen molar-refractivity contribution in [1.29, 1.82) is 0 Å². The van der Waals surface area contributed by atoms with Gasteiger partial charge in [0.25, 0.3) is 0 Å². The van der Waals surface area contributed by atoms with Gasteiger partial charge in [-0.05, 0) is 57.4 Å². The molecular weight excluding hydrogens is 519 g/mol. The first-order valence-electron chi connectivity index (χ1n) is 11.5. The summed E-state index contributed by atoms with van der Waals surface area (Å²) >= 11 is 0. The van der Waals surface area contributed by atoms with Crippen LogP contribution in [0, 0.1) is 13.8 Å². The second-order valence-electron chi connectivity index (χ2n) is 8.10. The number of nitrogens with zero attached hydrogens (tertiary/aromatic N) is 4. The monoisotopic (exact) mass is 558 g/mol. The molecule has 2 aromatic rings. The average molecular weight is 559 g/mol. The Balaban J connectivity index is 0.00000363. The van der Waals surface area contributed by atoms with E-state index in [0.717, 1.165) is 95.6 Å². The van der Waals surface area contributed by atoms with E-state index in [1.54, 1.807) is 6.26 Å². The predicted molar refractivity (Wildman–Crippen MR) is 139 cm³/mol. The Morgan fingerprint density at radius 3 is 2.59 bits per heavy atom. The highest BCUT2D eigenvalue weighted by molar-refractivity contribution is 14.0. The van der Waals surface area contributed by atoms with Crippen LogP contribution in [-0.2, 0) is 24.6 Å². The fourth-order valence-corrected chi connectivity index (χ4v) is 3.89. The number of nitrogens with one attached hydrogen (secondary N) is 2. The molecule has 9 heteroatoms. The number of hydrogen-bond donors (Lipinski definition) is 2. The second kappa shape index (κ2) is 14.5. The zero-order valence-corrected chi connectivity index (χ0v) is 22.1. The van der Waals surface area contributed by atoms with Gasteiger partial charge < -0.3 is 19.8 Å². The molecular formula is C23H39IN6O2. The molecule has 0 radical (unpaired) electrons. The van der Waals surface area contributed by atoms with Gasteiger partial charge in [-0.2, -0.15) is 5.10 Å². The van der Waals surface area contributed by atoms with Crippen molar-refractivity contribution < 1.29 is 9.15 Å². The van der Waals surface area contributed by atoms with Crippen molar-refractivity contribution in [3.63, 3.8) is 0 Å². The van der Waals surface area contributed by atoms with Crippen LogP contribution in [0.4, 0.5) is 0 Å². The van der Waals surface area contributed by atoms with Crippen LogP contribution in [0.2, 0.25) is 0 Å². The molecule has 180 valence electrons. The van der Waals surface area contributed by atoms with Gasteiger partial charge in [0.2, 0.25) is 0 Å². The lowest BCUT2D eigenvalue weighted by molar-refractivity contribution is 0.0376. The summed E-state index contributed by atoms with van der Waals surface area (Å²) in [6.45, 7) is 11.6. The van der Waals surface area contributed by atoms with Gasteiger partial charge in [-0.3, -0.25) is 14.6 Å². The number of morpholine rings is 1. The predicted octanol–water partition coefficient (Wildman–Crippen LogP) is 2.68. The highest BCUT2D eigenvalue weighted by atomic mass is 127. The van der Waals surface area contributed by atoms with E-state index in [4.69, 9.17) is 14.1 Å². The lowest BCUT2D eigenvalue weighted by Crippen LogP contribution is -2.41. The molecule has 1 aliphatic rings. The molecule has 0 atom stereocenters. The first-order valence-corrected chi connectivity index (χ1v) is 11.5. The van der Waals surface area contributed by atoms with E-state index in [1.807, 2.05) is 23.9 Å². The van der Waals surface area contributed by atoms with Gasteiger partial charge in [0.1, 0.15) is 5.76 Å². The zero-order chi connectivity index (χ0) is 21.9. The van der Waals surface area contributed by atoms with Gasteiger partial charge in [-0.25, -0.2) is 0 Å². The molecule has 0 bridgehead atoms. The maximum absolute atomic E-state index is 5.43. The van der Waals surface area contributed by atoms with E-state index in [2.05, 4.69) is 34.5 Å². The summed E-state index contributed by atoms with van der Waals surface area (Å²) in [7, 11) is 2.01. The van der Waals surface area contributed by atoms with E-state index in [1.165, 1.54) is 11.3 Å². The third-order valence-corrected chi connectivity index (χ3v) is 5.80. The number of hydrogen-bond acceptors (Lipinski definition) is 5. The van der Waals surface area contributed by atoms with Gasteiger partial charge in [-0.1, -0.05) is 0 Å². The summed E-state index contributed by atoms with van der Waals surface area (Å²) in [6.07, 6.45) is 5.66. The van der Waals surface area contributed by atoms with Crippen LogP contribution in [0.15, 0.2) is 27.8 Å². The minimum Gasteiger partial charge on any atom is -0.469 e. The number of furan rings is 1. The smallest absolute Gasteiger partial charge is 0.191 e.